The van der Waals surface area contributed by atoms with Crippen LogP contribution < -0.4 is 21.9 Å². The van der Waals surface area contributed by atoms with Crippen LogP contribution in [-0.2, 0) is 13.1 Å². The lowest BCUT2D eigenvalue weighted by Crippen LogP contribution is -2.34. The third-order valence-corrected chi connectivity index (χ3v) is 4.41. The Labute approximate surface area is 163 Å². The second-order valence-electron chi connectivity index (χ2n) is 6.80. The van der Waals surface area contributed by atoms with Gasteiger partial charge in [0.25, 0.3) is 5.56 Å². The normalized spacial score (nSPS) is 11.9. The largest absolute Gasteiger partial charge is 0.397 e. The van der Waals surface area contributed by atoms with Crippen LogP contribution in [0.2, 0.25) is 0 Å². The van der Waals surface area contributed by atoms with E-state index in [0.29, 0.717) is 41.5 Å². The summed E-state index contributed by atoms with van der Waals surface area (Å²) in [4.78, 5) is 24.1. The zero-order valence-corrected chi connectivity index (χ0v) is 16.4. The number of nitrogens with zero attached hydrogens (tertiary/aromatic N) is 5. The van der Waals surface area contributed by atoms with Crippen LogP contribution in [0.15, 0.2) is 35.4 Å². The molecule has 0 bridgehead atoms. The number of rotatable bonds is 6. The van der Waals surface area contributed by atoms with Crippen LogP contribution in [0.3, 0.4) is 0 Å². The van der Waals surface area contributed by atoms with Crippen molar-refractivity contribution in [3.8, 4) is 11.8 Å². The molecule has 0 saturated heterocycles. The van der Waals surface area contributed by atoms with Gasteiger partial charge in [-0.25, -0.2) is 4.98 Å². The maximum Gasteiger partial charge on any atom is 0.277 e. The van der Waals surface area contributed by atoms with E-state index < -0.39 is 0 Å². The highest BCUT2D eigenvalue weighted by Crippen LogP contribution is 2.20. The minimum atomic E-state index is -0.159. The molecular weight excluding hydrogens is 354 g/mol. The van der Waals surface area contributed by atoms with Gasteiger partial charge in [-0.2, -0.15) is 0 Å². The standard InChI is InChI=1S/C20H25N7O/c1-4-5-10-27-18-16(24-20(27)25(3)12-14(2)21)8-11-26(19(18)28)13-17-15(22)7-6-9-23-17/h6-9,11,14H,10,12-13,21-22H2,1-3H3. The van der Waals surface area contributed by atoms with Gasteiger partial charge in [0, 0.05) is 32.0 Å². The summed E-state index contributed by atoms with van der Waals surface area (Å²) < 4.78 is 3.43. The number of nitrogen functional groups attached to an aromatic ring is 1. The van der Waals surface area contributed by atoms with Crippen molar-refractivity contribution in [2.24, 2.45) is 5.73 Å². The van der Waals surface area contributed by atoms with E-state index in [1.165, 1.54) is 0 Å². The zero-order chi connectivity index (χ0) is 20.3. The third kappa shape index (κ3) is 3.85. The van der Waals surface area contributed by atoms with E-state index in [1.807, 2.05) is 29.5 Å². The first-order chi connectivity index (χ1) is 13.4. The van der Waals surface area contributed by atoms with Crippen LogP contribution in [0.4, 0.5) is 11.6 Å². The zero-order valence-electron chi connectivity index (χ0n) is 16.4. The number of pyridine rings is 2. The van der Waals surface area contributed by atoms with Crippen LogP contribution in [0.5, 0.6) is 0 Å². The van der Waals surface area contributed by atoms with Crippen LogP contribution >= 0.6 is 0 Å². The van der Waals surface area contributed by atoms with Gasteiger partial charge in [0.1, 0.15) is 5.52 Å². The lowest BCUT2D eigenvalue weighted by Gasteiger charge is -2.20. The molecule has 4 N–H and O–H groups in total. The van der Waals surface area contributed by atoms with E-state index in [0.717, 1.165) is 0 Å². The number of aromatic nitrogens is 4. The molecule has 0 spiro atoms. The lowest BCUT2D eigenvalue weighted by molar-refractivity contribution is 0.687. The number of likely N-dealkylation sites (N-methyl/N-ethyl adjacent to an activating group) is 1. The van der Waals surface area contributed by atoms with E-state index >= 15 is 0 Å². The Morgan fingerprint density at radius 2 is 2.14 bits per heavy atom. The minimum absolute atomic E-state index is 0.0284. The third-order valence-electron chi connectivity index (χ3n) is 4.41. The van der Waals surface area contributed by atoms with Gasteiger partial charge in [-0.05, 0) is 32.0 Å². The van der Waals surface area contributed by atoms with Crippen LogP contribution in [0, 0.1) is 11.8 Å². The Morgan fingerprint density at radius 1 is 1.36 bits per heavy atom. The molecule has 0 aromatic carbocycles. The first-order valence-corrected chi connectivity index (χ1v) is 9.07. The van der Waals surface area contributed by atoms with Gasteiger partial charge in [-0.3, -0.25) is 14.3 Å². The summed E-state index contributed by atoms with van der Waals surface area (Å²) in [6, 6.07) is 5.34. The van der Waals surface area contributed by atoms with Crippen molar-refractivity contribution >= 4 is 22.7 Å². The van der Waals surface area contributed by atoms with E-state index in [4.69, 9.17) is 11.5 Å². The molecule has 1 unspecified atom stereocenters. The van der Waals surface area contributed by atoms with Crippen molar-refractivity contribution in [3.63, 3.8) is 0 Å². The predicted molar refractivity (Wildman–Crippen MR) is 112 cm³/mol. The Kier molecular flexibility index (Phi) is 5.66. The molecule has 0 fully saturated rings. The molecule has 146 valence electrons. The quantitative estimate of drug-likeness (QED) is 0.620. The molecule has 0 aliphatic heterocycles. The average Bonchev–Trinajstić information content (AvgIpc) is 3.03. The van der Waals surface area contributed by atoms with E-state index in [-0.39, 0.29) is 18.1 Å². The predicted octanol–water partition coefficient (Wildman–Crippen LogP) is 1.03. The first-order valence-electron chi connectivity index (χ1n) is 9.07. The van der Waals surface area contributed by atoms with E-state index in [9.17, 15) is 4.79 Å². The molecule has 8 heteroatoms. The lowest BCUT2D eigenvalue weighted by atomic mass is 10.3. The molecule has 28 heavy (non-hydrogen) atoms. The Morgan fingerprint density at radius 3 is 2.82 bits per heavy atom. The second kappa shape index (κ2) is 8.15. The number of fused-ring (bicyclic) bond motifs is 1. The number of anilines is 2. The molecule has 0 amide bonds. The van der Waals surface area contributed by atoms with Crippen molar-refractivity contribution in [1.82, 2.24) is 19.1 Å². The topological polar surface area (TPSA) is 108 Å². The summed E-state index contributed by atoms with van der Waals surface area (Å²) in [6.45, 7) is 4.97. The Hall–Kier alpha value is -3.31. The summed E-state index contributed by atoms with van der Waals surface area (Å²) in [5.41, 5.74) is 14.1. The molecule has 3 rings (SSSR count). The van der Waals surface area contributed by atoms with Gasteiger partial charge in [0.05, 0.1) is 30.0 Å². The van der Waals surface area contributed by atoms with Crippen molar-refractivity contribution in [2.75, 3.05) is 24.2 Å². The monoisotopic (exact) mass is 379 g/mol. The maximum absolute atomic E-state index is 13.2. The summed E-state index contributed by atoms with van der Waals surface area (Å²) in [5, 5.41) is 0. The van der Waals surface area contributed by atoms with Crippen LogP contribution in [-0.4, -0.2) is 38.7 Å². The summed E-state index contributed by atoms with van der Waals surface area (Å²) in [5.74, 6) is 6.58. The fraction of sp³-hybridized carbons (Fsp3) is 0.350. The SMILES string of the molecule is CC#CCn1c(N(C)CC(C)N)nc2ccn(Cc3ncccc3N)c(=O)c21. The smallest absolute Gasteiger partial charge is 0.277 e. The minimum Gasteiger partial charge on any atom is -0.397 e. The van der Waals surface area contributed by atoms with E-state index in [2.05, 4.69) is 21.8 Å². The highest BCUT2D eigenvalue weighted by molar-refractivity contribution is 5.78. The molecule has 3 aromatic heterocycles. The Balaban J connectivity index is 2.13. The summed E-state index contributed by atoms with van der Waals surface area (Å²) >= 11 is 0. The molecule has 0 radical (unpaired) electrons. The number of nitrogens with two attached hydrogens (primary N) is 2. The summed E-state index contributed by atoms with van der Waals surface area (Å²) in [7, 11) is 1.91. The molecule has 8 nitrogen and oxygen atoms in total. The first kappa shape index (κ1) is 19.5. The number of imidazole rings is 1. The molecule has 3 aromatic rings. The fourth-order valence-electron chi connectivity index (χ4n) is 3.15. The van der Waals surface area contributed by atoms with Crippen molar-refractivity contribution in [2.45, 2.75) is 33.0 Å². The molecule has 0 aliphatic carbocycles. The molecule has 1 atom stereocenters. The van der Waals surface area contributed by atoms with Gasteiger partial charge in [-0.1, -0.05) is 5.92 Å². The molecule has 3 heterocycles. The van der Waals surface area contributed by atoms with Gasteiger partial charge in [0.2, 0.25) is 5.95 Å². The second-order valence-corrected chi connectivity index (χ2v) is 6.80. The summed E-state index contributed by atoms with van der Waals surface area (Å²) in [6.07, 6.45) is 3.38. The Bertz CT molecular complexity index is 1100. The highest BCUT2D eigenvalue weighted by Gasteiger charge is 2.18. The van der Waals surface area contributed by atoms with Gasteiger partial charge in [0.15, 0.2) is 0 Å². The molecule has 0 saturated carbocycles. The fourth-order valence-corrected chi connectivity index (χ4v) is 3.15. The van der Waals surface area contributed by atoms with Gasteiger partial charge in [-0.15, -0.1) is 5.92 Å². The van der Waals surface area contributed by atoms with Crippen LogP contribution in [0.1, 0.15) is 19.5 Å². The van der Waals surface area contributed by atoms with Crippen molar-refractivity contribution < 1.29 is 0 Å². The van der Waals surface area contributed by atoms with Gasteiger partial charge >= 0.3 is 0 Å². The number of hydrogen-bond acceptors (Lipinski definition) is 6. The van der Waals surface area contributed by atoms with Crippen molar-refractivity contribution in [3.05, 3.63) is 46.6 Å². The van der Waals surface area contributed by atoms with Crippen LogP contribution in [0.25, 0.3) is 11.0 Å². The highest BCUT2D eigenvalue weighted by atomic mass is 16.1. The maximum atomic E-state index is 13.2. The molecule has 0 aliphatic rings. The number of hydrogen-bond donors (Lipinski definition) is 2. The van der Waals surface area contributed by atoms with Crippen molar-refractivity contribution in [1.29, 1.82) is 0 Å². The average molecular weight is 379 g/mol. The van der Waals surface area contributed by atoms with E-state index in [1.54, 1.807) is 36.0 Å². The van der Waals surface area contributed by atoms with Gasteiger partial charge < -0.3 is 20.9 Å². The molecular formula is C20H25N7O.